The highest BCUT2D eigenvalue weighted by atomic mass is 16.3. The predicted octanol–water partition coefficient (Wildman–Crippen LogP) is -0.760. The first-order chi connectivity index (χ1) is 6.29. The highest BCUT2D eigenvalue weighted by Gasteiger charge is 2.46. The molecule has 2 aliphatic heterocycles. The van der Waals surface area contributed by atoms with Gasteiger partial charge in [0.2, 0.25) is 0 Å². The maximum absolute atomic E-state index is 11.6. The zero-order chi connectivity index (χ0) is 10.6. The summed E-state index contributed by atoms with van der Waals surface area (Å²) in [5.74, 6) is 0. The SMILES string of the molecule is CC1(O)CN(C(=O)N2CC(C)(O)C2)C1. The maximum Gasteiger partial charge on any atom is 0.320 e. The Bertz CT molecular complexity index is 233. The van der Waals surface area contributed by atoms with Crippen LogP contribution in [0.25, 0.3) is 0 Å². The summed E-state index contributed by atoms with van der Waals surface area (Å²) in [5, 5.41) is 18.9. The van der Waals surface area contributed by atoms with Gasteiger partial charge in [-0.25, -0.2) is 4.79 Å². The van der Waals surface area contributed by atoms with E-state index >= 15 is 0 Å². The first kappa shape index (κ1) is 9.73. The highest BCUT2D eigenvalue weighted by molar-refractivity contribution is 5.77. The van der Waals surface area contributed by atoms with E-state index in [4.69, 9.17) is 0 Å². The third-order valence-electron chi connectivity index (χ3n) is 2.67. The summed E-state index contributed by atoms with van der Waals surface area (Å²) in [6, 6.07) is -0.0805. The number of β-amino-alcohol motifs (C(OH)–C–C–N with tert-alkyl or cyclic N) is 2. The Kier molecular flexibility index (Phi) is 1.81. The van der Waals surface area contributed by atoms with E-state index in [0.717, 1.165) is 0 Å². The second-order valence-electron chi connectivity index (χ2n) is 4.99. The fraction of sp³-hybridized carbons (Fsp3) is 0.889. The number of carbonyl (C=O) groups is 1. The van der Waals surface area contributed by atoms with Crippen molar-refractivity contribution in [2.45, 2.75) is 25.0 Å². The monoisotopic (exact) mass is 200 g/mol. The molecule has 0 aromatic rings. The minimum absolute atomic E-state index is 0.0805. The molecule has 0 saturated carbocycles. The van der Waals surface area contributed by atoms with E-state index in [0.29, 0.717) is 26.2 Å². The van der Waals surface area contributed by atoms with Crippen LogP contribution in [0.2, 0.25) is 0 Å². The number of carbonyl (C=O) groups excluding carboxylic acids is 1. The number of urea groups is 1. The van der Waals surface area contributed by atoms with Crippen molar-refractivity contribution in [2.24, 2.45) is 0 Å². The van der Waals surface area contributed by atoms with Crippen molar-refractivity contribution >= 4 is 6.03 Å². The summed E-state index contributed by atoms with van der Waals surface area (Å²) in [6.45, 7) is 5.00. The number of hydrogen-bond donors (Lipinski definition) is 2. The molecule has 5 nitrogen and oxygen atoms in total. The molecule has 0 atom stereocenters. The molecule has 2 aliphatic rings. The topological polar surface area (TPSA) is 64.0 Å². The molecule has 2 N–H and O–H groups in total. The summed E-state index contributed by atoms with van der Waals surface area (Å²) in [7, 11) is 0. The number of rotatable bonds is 0. The molecule has 5 heteroatoms. The Labute approximate surface area is 82.9 Å². The van der Waals surface area contributed by atoms with Crippen LogP contribution in [0.3, 0.4) is 0 Å². The molecule has 80 valence electrons. The van der Waals surface area contributed by atoms with E-state index in [2.05, 4.69) is 0 Å². The molecular weight excluding hydrogens is 184 g/mol. The smallest absolute Gasteiger partial charge is 0.320 e. The van der Waals surface area contributed by atoms with Crippen LogP contribution in [0.15, 0.2) is 0 Å². The zero-order valence-electron chi connectivity index (χ0n) is 8.53. The van der Waals surface area contributed by atoms with E-state index in [9.17, 15) is 15.0 Å². The number of hydrogen-bond acceptors (Lipinski definition) is 3. The average Bonchev–Trinajstić information content (AvgIpc) is 1.93. The van der Waals surface area contributed by atoms with Crippen LogP contribution < -0.4 is 0 Å². The van der Waals surface area contributed by atoms with Gasteiger partial charge in [0, 0.05) is 0 Å². The quantitative estimate of drug-likeness (QED) is 0.540. The Hall–Kier alpha value is -0.810. The van der Waals surface area contributed by atoms with Gasteiger partial charge in [0.05, 0.1) is 37.4 Å². The lowest BCUT2D eigenvalue weighted by atomic mass is 9.95. The molecule has 2 fully saturated rings. The molecule has 0 aromatic carbocycles. The van der Waals surface area contributed by atoms with Gasteiger partial charge in [0.25, 0.3) is 0 Å². The normalized spacial score (nSPS) is 28.0. The molecule has 14 heavy (non-hydrogen) atoms. The molecule has 0 radical (unpaired) electrons. The largest absolute Gasteiger partial charge is 0.386 e. The van der Waals surface area contributed by atoms with Crippen LogP contribution in [0.4, 0.5) is 4.79 Å². The van der Waals surface area contributed by atoms with Crippen molar-refractivity contribution in [3.05, 3.63) is 0 Å². The Morgan fingerprint density at radius 2 is 1.29 bits per heavy atom. The third kappa shape index (κ3) is 1.57. The van der Waals surface area contributed by atoms with Gasteiger partial charge in [-0.3, -0.25) is 0 Å². The zero-order valence-corrected chi connectivity index (χ0v) is 8.53. The Morgan fingerprint density at radius 3 is 1.50 bits per heavy atom. The van der Waals surface area contributed by atoms with Gasteiger partial charge in [0.15, 0.2) is 0 Å². The van der Waals surface area contributed by atoms with Crippen LogP contribution in [0, 0.1) is 0 Å². The van der Waals surface area contributed by atoms with Gasteiger partial charge in [0.1, 0.15) is 0 Å². The first-order valence-corrected chi connectivity index (χ1v) is 4.78. The summed E-state index contributed by atoms with van der Waals surface area (Å²) < 4.78 is 0. The molecule has 0 bridgehead atoms. The van der Waals surface area contributed by atoms with Crippen molar-refractivity contribution in [1.29, 1.82) is 0 Å². The molecule has 2 saturated heterocycles. The average molecular weight is 200 g/mol. The van der Waals surface area contributed by atoms with E-state index in [1.807, 2.05) is 0 Å². The highest BCUT2D eigenvalue weighted by Crippen LogP contribution is 2.26. The summed E-state index contributed by atoms with van der Waals surface area (Å²) in [5.41, 5.74) is -1.44. The Balaban J connectivity index is 1.82. The summed E-state index contributed by atoms with van der Waals surface area (Å²) >= 11 is 0. The van der Waals surface area contributed by atoms with Gasteiger partial charge in [-0.05, 0) is 13.8 Å². The van der Waals surface area contributed by atoms with Crippen molar-refractivity contribution in [1.82, 2.24) is 9.80 Å². The second-order valence-corrected chi connectivity index (χ2v) is 4.99. The van der Waals surface area contributed by atoms with E-state index < -0.39 is 11.2 Å². The van der Waals surface area contributed by atoms with Crippen molar-refractivity contribution in [3.63, 3.8) is 0 Å². The van der Waals surface area contributed by atoms with Crippen LogP contribution in [-0.4, -0.2) is 63.4 Å². The van der Waals surface area contributed by atoms with E-state index in [1.54, 1.807) is 23.6 Å². The lowest BCUT2D eigenvalue weighted by Crippen LogP contribution is -2.70. The molecule has 0 unspecified atom stereocenters. The van der Waals surface area contributed by atoms with Crippen molar-refractivity contribution < 1.29 is 15.0 Å². The molecular formula is C9H16N2O3. The predicted molar refractivity (Wildman–Crippen MR) is 49.8 cm³/mol. The molecule has 0 aromatic heterocycles. The fourth-order valence-electron chi connectivity index (χ4n) is 2.02. The lowest BCUT2D eigenvalue weighted by Gasteiger charge is -2.51. The number of amides is 2. The molecule has 2 amide bonds. The maximum atomic E-state index is 11.6. The van der Waals surface area contributed by atoms with E-state index in [-0.39, 0.29) is 6.03 Å². The van der Waals surface area contributed by atoms with Crippen molar-refractivity contribution in [3.8, 4) is 0 Å². The van der Waals surface area contributed by atoms with Crippen LogP contribution in [-0.2, 0) is 0 Å². The van der Waals surface area contributed by atoms with Crippen LogP contribution in [0.5, 0.6) is 0 Å². The molecule has 2 rings (SSSR count). The van der Waals surface area contributed by atoms with Gasteiger partial charge in [-0.2, -0.15) is 0 Å². The minimum Gasteiger partial charge on any atom is -0.386 e. The number of aliphatic hydroxyl groups is 2. The van der Waals surface area contributed by atoms with Gasteiger partial charge >= 0.3 is 6.03 Å². The lowest BCUT2D eigenvalue weighted by molar-refractivity contribution is -0.0971. The second kappa shape index (κ2) is 2.61. The first-order valence-electron chi connectivity index (χ1n) is 4.78. The number of nitrogens with zero attached hydrogens (tertiary/aromatic N) is 2. The minimum atomic E-state index is -0.719. The van der Waals surface area contributed by atoms with Gasteiger partial charge in [-0.15, -0.1) is 0 Å². The van der Waals surface area contributed by atoms with Crippen molar-refractivity contribution in [2.75, 3.05) is 26.2 Å². The summed E-state index contributed by atoms with van der Waals surface area (Å²) in [6.07, 6.45) is 0. The molecule has 0 spiro atoms. The van der Waals surface area contributed by atoms with Gasteiger partial charge < -0.3 is 20.0 Å². The number of likely N-dealkylation sites (tertiary alicyclic amines) is 2. The third-order valence-corrected chi connectivity index (χ3v) is 2.67. The van der Waals surface area contributed by atoms with E-state index in [1.165, 1.54) is 0 Å². The molecule has 2 heterocycles. The molecule has 0 aliphatic carbocycles. The fourth-order valence-corrected chi connectivity index (χ4v) is 2.02. The Morgan fingerprint density at radius 1 is 1.00 bits per heavy atom. The van der Waals surface area contributed by atoms with Crippen LogP contribution in [0.1, 0.15) is 13.8 Å². The van der Waals surface area contributed by atoms with Gasteiger partial charge in [-0.1, -0.05) is 0 Å². The standard InChI is InChI=1S/C9H16N2O3/c1-8(13)3-10(4-8)7(12)11-5-9(2,14)6-11/h13-14H,3-6H2,1-2H3. The van der Waals surface area contributed by atoms with Crippen LogP contribution >= 0.6 is 0 Å². The summed E-state index contributed by atoms with van der Waals surface area (Å²) in [4.78, 5) is 14.8.